The molecule has 25 heavy (non-hydrogen) atoms. The molecule has 0 amide bonds. The Balaban J connectivity index is 1.78. The number of nitrogen functional groups attached to an aromatic ring is 1. The van der Waals surface area contributed by atoms with E-state index >= 15 is 0 Å². The van der Waals surface area contributed by atoms with Gasteiger partial charge in [0.15, 0.2) is 0 Å². The molecule has 0 aliphatic heterocycles. The summed E-state index contributed by atoms with van der Waals surface area (Å²) in [5, 5.41) is 5.72. The highest BCUT2D eigenvalue weighted by atomic mass is 16.5. The molecule has 0 aliphatic carbocycles. The third-order valence-electron chi connectivity index (χ3n) is 3.68. The molecule has 4 nitrogen and oxygen atoms in total. The first-order valence-corrected chi connectivity index (χ1v) is 7.82. The molecule has 0 atom stereocenters. The zero-order valence-corrected chi connectivity index (χ0v) is 13.8. The maximum atomic E-state index is 5.85. The maximum Gasteiger partial charge on any atom is 0.127 e. The van der Waals surface area contributed by atoms with Gasteiger partial charge in [0.2, 0.25) is 0 Å². The lowest BCUT2D eigenvalue weighted by Crippen LogP contribution is -2.13. The second-order valence-corrected chi connectivity index (χ2v) is 5.43. The van der Waals surface area contributed by atoms with Crippen molar-refractivity contribution in [1.29, 1.82) is 0 Å². The minimum atomic E-state index is 0.658. The third kappa shape index (κ3) is 3.87. The number of hydrogen-bond acceptors (Lipinski definition) is 4. The van der Waals surface area contributed by atoms with Crippen molar-refractivity contribution < 1.29 is 4.74 Å². The van der Waals surface area contributed by atoms with Crippen LogP contribution in [-0.2, 0) is 0 Å². The van der Waals surface area contributed by atoms with Gasteiger partial charge >= 0.3 is 0 Å². The highest BCUT2D eigenvalue weighted by molar-refractivity contribution is 5.79. The first-order chi connectivity index (χ1) is 12.2. The average Bonchev–Trinajstić information content (AvgIpc) is 2.64. The van der Waals surface area contributed by atoms with Crippen molar-refractivity contribution >= 4 is 23.8 Å². The molecule has 0 fully saturated rings. The molecule has 0 bridgehead atoms. The molecule has 4 heteroatoms. The van der Waals surface area contributed by atoms with Gasteiger partial charge in [0.1, 0.15) is 11.5 Å². The van der Waals surface area contributed by atoms with Crippen LogP contribution in [-0.4, -0.2) is 6.72 Å². The van der Waals surface area contributed by atoms with Crippen molar-refractivity contribution in [3.63, 3.8) is 0 Å². The van der Waals surface area contributed by atoms with Gasteiger partial charge in [0, 0.05) is 12.4 Å². The standard InChI is InChI=1S/C21H19N3O/c1-16(24(23-2)19-8-6-7-18(22)15-19)17-11-13-21(14-12-17)25-20-9-4-3-5-10-20/h3-15H,1-2,22H2. The molecule has 2 N–H and O–H groups in total. The fourth-order valence-corrected chi connectivity index (χ4v) is 2.44. The molecule has 0 heterocycles. The lowest BCUT2D eigenvalue weighted by Gasteiger charge is -2.21. The van der Waals surface area contributed by atoms with Crippen molar-refractivity contribution in [2.24, 2.45) is 5.10 Å². The molecular formula is C21H19N3O. The summed E-state index contributed by atoms with van der Waals surface area (Å²) >= 11 is 0. The second-order valence-electron chi connectivity index (χ2n) is 5.43. The summed E-state index contributed by atoms with van der Waals surface area (Å²) in [6.45, 7) is 7.76. The molecule has 0 aliphatic rings. The van der Waals surface area contributed by atoms with Crippen LogP contribution < -0.4 is 15.5 Å². The van der Waals surface area contributed by atoms with Gasteiger partial charge in [0.25, 0.3) is 0 Å². The first kappa shape index (κ1) is 16.3. The number of hydrazone groups is 1. The van der Waals surface area contributed by atoms with E-state index in [0.717, 1.165) is 22.7 Å². The Bertz CT molecular complexity index is 873. The highest BCUT2D eigenvalue weighted by Gasteiger charge is 2.11. The normalized spacial score (nSPS) is 10.1. The van der Waals surface area contributed by atoms with Crippen LogP contribution in [0.2, 0.25) is 0 Å². The van der Waals surface area contributed by atoms with E-state index in [4.69, 9.17) is 10.5 Å². The molecule has 3 aromatic carbocycles. The molecule has 0 saturated carbocycles. The number of para-hydroxylation sites is 1. The molecule has 124 valence electrons. The Hall–Kier alpha value is -3.53. The molecular weight excluding hydrogens is 310 g/mol. The number of nitrogens with zero attached hydrogens (tertiary/aromatic N) is 2. The Morgan fingerprint density at radius 3 is 2.20 bits per heavy atom. The summed E-state index contributed by atoms with van der Waals surface area (Å²) in [7, 11) is 0. The fraction of sp³-hybridized carbons (Fsp3) is 0. The highest BCUT2D eigenvalue weighted by Crippen LogP contribution is 2.28. The summed E-state index contributed by atoms with van der Waals surface area (Å²) < 4.78 is 5.80. The van der Waals surface area contributed by atoms with Crippen LogP contribution in [0.5, 0.6) is 11.5 Å². The summed E-state index contributed by atoms with van der Waals surface area (Å²) in [4.78, 5) is 0. The van der Waals surface area contributed by atoms with Crippen LogP contribution in [0.3, 0.4) is 0 Å². The Kier molecular flexibility index (Phi) is 4.81. The number of nitrogens with two attached hydrogens (primary N) is 1. The molecule has 0 radical (unpaired) electrons. The molecule has 0 spiro atoms. The van der Waals surface area contributed by atoms with E-state index in [0.29, 0.717) is 11.4 Å². The van der Waals surface area contributed by atoms with Crippen molar-refractivity contribution in [3.8, 4) is 11.5 Å². The monoisotopic (exact) mass is 329 g/mol. The Labute approximate surface area is 147 Å². The quantitative estimate of drug-likeness (QED) is 0.386. The number of benzene rings is 3. The van der Waals surface area contributed by atoms with Crippen LogP contribution in [0.4, 0.5) is 11.4 Å². The van der Waals surface area contributed by atoms with Gasteiger partial charge in [-0.25, -0.2) is 5.01 Å². The fourth-order valence-electron chi connectivity index (χ4n) is 2.44. The van der Waals surface area contributed by atoms with Gasteiger partial charge < -0.3 is 10.5 Å². The number of hydrogen-bond donors (Lipinski definition) is 1. The van der Waals surface area contributed by atoms with Gasteiger partial charge in [-0.15, -0.1) is 0 Å². The SMILES string of the molecule is C=NN(C(=C)c1ccc(Oc2ccccc2)cc1)c1cccc(N)c1. The van der Waals surface area contributed by atoms with Gasteiger partial charge in [-0.1, -0.05) is 30.8 Å². The van der Waals surface area contributed by atoms with Gasteiger partial charge in [-0.3, -0.25) is 0 Å². The van der Waals surface area contributed by atoms with Crippen LogP contribution in [0, 0.1) is 0 Å². The van der Waals surface area contributed by atoms with Crippen LogP contribution in [0.1, 0.15) is 5.56 Å². The molecule has 0 saturated heterocycles. The lowest BCUT2D eigenvalue weighted by atomic mass is 10.1. The predicted molar refractivity (Wildman–Crippen MR) is 105 cm³/mol. The van der Waals surface area contributed by atoms with Crippen molar-refractivity contribution in [3.05, 3.63) is 91.0 Å². The lowest BCUT2D eigenvalue weighted by molar-refractivity contribution is 0.482. The summed E-state index contributed by atoms with van der Waals surface area (Å²) in [5.41, 5.74) is 8.93. The second kappa shape index (κ2) is 7.36. The van der Waals surface area contributed by atoms with Crippen LogP contribution >= 0.6 is 0 Å². The minimum absolute atomic E-state index is 0.658. The van der Waals surface area contributed by atoms with E-state index in [9.17, 15) is 0 Å². The number of rotatable bonds is 6. The van der Waals surface area contributed by atoms with Crippen molar-refractivity contribution in [2.75, 3.05) is 10.7 Å². The number of anilines is 2. The first-order valence-electron chi connectivity index (χ1n) is 7.82. The molecule has 3 rings (SSSR count). The summed E-state index contributed by atoms with van der Waals surface area (Å²) in [6.07, 6.45) is 0. The minimum Gasteiger partial charge on any atom is -0.457 e. The largest absolute Gasteiger partial charge is 0.457 e. The summed E-state index contributed by atoms with van der Waals surface area (Å²) in [6, 6.07) is 24.7. The topological polar surface area (TPSA) is 50.8 Å². The van der Waals surface area contributed by atoms with E-state index in [1.54, 1.807) is 5.01 Å². The zero-order valence-electron chi connectivity index (χ0n) is 13.8. The maximum absolute atomic E-state index is 5.85. The number of ether oxygens (including phenoxy) is 1. The van der Waals surface area contributed by atoms with Gasteiger partial charge in [0.05, 0.1) is 11.4 Å². The Morgan fingerprint density at radius 2 is 1.56 bits per heavy atom. The Morgan fingerprint density at radius 1 is 0.880 bits per heavy atom. The summed E-state index contributed by atoms with van der Waals surface area (Å²) in [5.74, 6) is 1.55. The van der Waals surface area contributed by atoms with Crippen molar-refractivity contribution in [2.45, 2.75) is 0 Å². The predicted octanol–water partition coefficient (Wildman–Crippen LogP) is 5.15. The molecule has 0 unspecified atom stereocenters. The van der Waals surface area contributed by atoms with E-state index in [-0.39, 0.29) is 0 Å². The van der Waals surface area contributed by atoms with E-state index < -0.39 is 0 Å². The van der Waals surface area contributed by atoms with Crippen LogP contribution in [0.15, 0.2) is 90.5 Å². The van der Waals surface area contributed by atoms with Crippen LogP contribution in [0.25, 0.3) is 5.70 Å². The van der Waals surface area contributed by atoms with E-state index in [1.165, 1.54) is 0 Å². The molecule has 3 aromatic rings. The molecule has 0 aromatic heterocycles. The van der Waals surface area contributed by atoms with Gasteiger partial charge in [-0.2, -0.15) is 5.10 Å². The van der Waals surface area contributed by atoms with Crippen molar-refractivity contribution in [1.82, 2.24) is 0 Å². The van der Waals surface area contributed by atoms with Gasteiger partial charge in [-0.05, 0) is 60.2 Å². The van der Waals surface area contributed by atoms with E-state index in [1.807, 2.05) is 78.9 Å². The zero-order chi connectivity index (χ0) is 17.6. The third-order valence-corrected chi connectivity index (χ3v) is 3.68. The average molecular weight is 329 g/mol. The smallest absolute Gasteiger partial charge is 0.127 e. The van der Waals surface area contributed by atoms with E-state index in [2.05, 4.69) is 18.4 Å².